The number of hydrogen-bond acceptors (Lipinski definition) is 15. The Morgan fingerprint density at radius 2 is 0.958 bits per heavy atom. The van der Waals surface area contributed by atoms with Crippen LogP contribution in [0.1, 0.15) is 82.2 Å². The predicted molar refractivity (Wildman–Crippen MR) is 279 cm³/mol. The first-order valence-corrected chi connectivity index (χ1v) is 23.9. The van der Waals surface area contributed by atoms with Crippen LogP contribution >= 0.6 is 47.6 Å². The Morgan fingerprint density at radius 3 is 1.38 bits per heavy atom. The maximum atomic E-state index is 13.1. The van der Waals surface area contributed by atoms with Crippen LogP contribution in [0.15, 0.2) is 134 Å². The number of carbonyl (C=O) groups is 3. The molecule has 0 aliphatic heterocycles. The second-order valence-electron chi connectivity index (χ2n) is 16.1. The fourth-order valence-electron chi connectivity index (χ4n) is 6.99. The smallest absolute Gasteiger partial charge is 0.309 e. The molecule has 6 rings (SSSR count). The first-order valence-electron chi connectivity index (χ1n) is 22.4. The molecule has 0 fully saturated rings. The van der Waals surface area contributed by atoms with E-state index in [-0.39, 0.29) is 41.5 Å². The van der Waals surface area contributed by atoms with Crippen LogP contribution in [0.3, 0.4) is 0 Å². The van der Waals surface area contributed by atoms with E-state index < -0.39 is 54.2 Å². The Morgan fingerprint density at radius 1 is 0.563 bits per heavy atom. The minimum atomic E-state index is -0.645. The zero-order valence-electron chi connectivity index (χ0n) is 40.1. The maximum absolute atomic E-state index is 13.1. The number of aromatic nitrogens is 2. The van der Waals surface area contributed by atoms with Gasteiger partial charge in [-0.25, -0.2) is 0 Å². The number of ether oxygens (including phenoxy) is 7. The zero-order valence-corrected chi connectivity index (χ0v) is 43.2. The molecule has 17 heteroatoms. The molecule has 0 aliphatic carbocycles. The summed E-state index contributed by atoms with van der Waals surface area (Å²) in [6, 6.07) is 36.3. The van der Waals surface area contributed by atoms with Crippen molar-refractivity contribution in [1.82, 2.24) is 9.97 Å². The highest BCUT2D eigenvalue weighted by atomic mass is 35.5. The molecule has 0 unspecified atom stereocenters. The molecule has 0 radical (unpaired) electrons. The average molecular weight is 1040 g/mol. The number of benzene rings is 4. The molecule has 2 heterocycles. The highest BCUT2D eigenvalue weighted by molar-refractivity contribution is 7.81. The van der Waals surface area contributed by atoms with Gasteiger partial charge in [-0.2, -0.15) is 0 Å². The van der Waals surface area contributed by atoms with Crippen LogP contribution in [0, 0.1) is 11.8 Å². The molecule has 372 valence electrons. The van der Waals surface area contributed by atoms with Gasteiger partial charge in [0.15, 0.2) is 35.2 Å². The summed E-state index contributed by atoms with van der Waals surface area (Å²) in [7, 11) is 2.89. The number of nitrogens with zero attached hydrogens (tertiary/aromatic N) is 2. The fourth-order valence-corrected chi connectivity index (χ4v) is 8.14. The molecule has 0 amide bonds. The predicted octanol–water partition coefficient (Wildman–Crippen LogP) is 12.1. The van der Waals surface area contributed by atoms with Crippen molar-refractivity contribution in [2.75, 3.05) is 14.2 Å². The molecule has 4 aromatic carbocycles. The number of rotatable bonds is 21. The number of para-hydroxylation sites is 2. The molecule has 0 aliphatic rings. The number of carbonyl (C=O) groups excluding carboxylic acids is 3. The lowest BCUT2D eigenvalue weighted by molar-refractivity contribution is -0.157. The third kappa shape index (κ3) is 15.7. The van der Waals surface area contributed by atoms with Crippen molar-refractivity contribution in [3.05, 3.63) is 166 Å². The van der Waals surface area contributed by atoms with Crippen molar-refractivity contribution in [3.8, 4) is 34.5 Å². The largest absolute Gasteiger partial charge is 0.503 e. The number of methoxy groups -OCH3 is 2. The van der Waals surface area contributed by atoms with Crippen LogP contribution < -0.4 is 23.7 Å². The van der Waals surface area contributed by atoms with E-state index in [0.717, 1.165) is 11.1 Å². The number of aromatic hydroxyl groups is 1. The molecule has 13 nitrogen and oxygen atoms in total. The number of hydrogen-bond donors (Lipinski definition) is 1. The molecule has 0 saturated carbocycles. The lowest BCUT2D eigenvalue weighted by atomic mass is 10.0. The lowest BCUT2D eigenvalue weighted by Crippen LogP contribution is -2.30. The summed E-state index contributed by atoms with van der Waals surface area (Å²) in [5, 5.41) is 11.2. The van der Waals surface area contributed by atoms with Crippen LogP contribution in [-0.4, -0.2) is 69.1 Å². The number of esters is 3. The molecule has 71 heavy (non-hydrogen) atoms. The van der Waals surface area contributed by atoms with Gasteiger partial charge in [0.1, 0.15) is 35.1 Å². The molecule has 0 saturated heterocycles. The van der Waals surface area contributed by atoms with Crippen molar-refractivity contribution >= 4 is 75.3 Å². The molecule has 6 aromatic rings. The monoisotopic (exact) mass is 1040 g/mol. The van der Waals surface area contributed by atoms with Gasteiger partial charge in [-0.3, -0.25) is 24.4 Å². The number of thiocarbonyl (C=S) groups is 2. The highest BCUT2D eigenvalue weighted by Crippen LogP contribution is 2.36. The quantitative estimate of drug-likeness (QED) is 0.0411. The van der Waals surface area contributed by atoms with Gasteiger partial charge in [-0.15, -0.1) is 0 Å². The average Bonchev–Trinajstić information content (AvgIpc) is 3.36. The van der Waals surface area contributed by atoms with E-state index in [0.29, 0.717) is 37.0 Å². The molecular weight excluding hydrogens is 988 g/mol. The van der Waals surface area contributed by atoms with Gasteiger partial charge in [-0.05, 0) is 62.1 Å². The molecule has 2 aromatic heterocycles. The van der Waals surface area contributed by atoms with Crippen LogP contribution in [0.4, 0.5) is 0 Å². The molecule has 6 atom stereocenters. The van der Waals surface area contributed by atoms with Gasteiger partial charge < -0.3 is 38.3 Å². The van der Waals surface area contributed by atoms with Crippen molar-refractivity contribution in [3.63, 3.8) is 0 Å². The summed E-state index contributed by atoms with van der Waals surface area (Å²) in [6.07, 6.45) is 0.871. The normalized spacial score (nSPS) is 13.3. The summed E-state index contributed by atoms with van der Waals surface area (Å²) >= 11 is 23.6. The van der Waals surface area contributed by atoms with Gasteiger partial charge in [-0.1, -0.05) is 146 Å². The minimum absolute atomic E-state index is 0.119. The van der Waals surface area contributed by atoms with E-state index in [9.17, 15) is 19.5 Å². The molecular formula is C54H54Cl2N2O11S2. The van der Waals surface area contributed by atoms with E-state index in [1.54, 1.807) is 58.0 Å². The molecule has 0 spiro atoms. The first kappa shape index (κ1) is 55.3. The molecule has 1 N–H and O–H groups in total. The topological polar surface area (TPSA) is 162 Å². The maximum Gasteiger partial charge on any atom is 0.309 e. The van der Waals surface area contributed by atoms with Crippen molar-refractivity contribution in [1.29, 1.82) is 0 Å². The van der Waals surface area contributed by atoms with Gasteiger partial charge in [0.25, 0.3) is 0 Å². The van der Waals surface area contributed by atoms with E-state index in [1.165, 1.54) is 39.6 Å². The van der Waals surface area contributed by atoms with Gasteiger partial charge in [0.2, 0.25) is 0 Å². The van der Waals surface area contributed by atoms with Crippen molar-refractivity contribution in [2.24, 2.45) is 11.8 Å². The van der Waals surface area contributed by atoms with E-state index in [1.807, 2.05) is 84.9 Å². The Labute approximate surface area is 434 Å². The van der Waals surface area contributed by atoms with Crippen molar-refractivity contribution in [2.45, 2.75) is 71.9 Å². The third-order valence-corrected chi connectivity index (χ3v) is 12.0. The SMILES string of the molecule is COc1ccnc(C(=S)C[C@@H](C)C(=O)O[C@@H](C)[C@H](Oc2ccccc2Cl)c2ccccc2)c1O.COc1ccnc(C(=S)C[C@@H](C)C(=O)O[C@@H](C)[C@H](Oc2ccccc2Cl)c2ccccc2)c1OC(C)=O. The second kappa shape index (κ2) is 27.1. The number of pyridine rings is 2. The van der Waals surface area contributed by atoms with Gasteiger partial charge >= 0.3 is 17.9 Å². The summed E-state index contributed by atoms with van der Waals surface area (Å²) in [5.74, 6) is -1.10. The van der Waals surface area contributed by atoms with E-state index in [2.05, 4.69) is 9.97 Å². The Bertz CT molecular complexity index is 2770. The van der Waals surface area contributed by atoms with Crippen LogP contribution in [0.2, 0.25) is 10.0 Å². The second-order valence-corrected chi connectivity index (χ2v) is 17.9. The first-order chi connectivity index (χ1) is 34.0. The summed E-state index contributed by atoms with van der Waals surface area (Å²) in [6.45, 7) is 8.23. The van der Waals surface area contributed by atoms with Crippen LogP contribution in [0.25, 0.3) is 0 Å². The Kier molecular flexibility index (Phi) is 21.1. The highest BCUT2D eigenvalue weighted by Gasteiger charge is 2.31. The van der Waals surface area contributed by atoms with E-state index >= 15 is 0 Å². The summed E-state index contributed by atoms with van der Waals surface area (Å²) in [4.78, 5) is 46.6. The van der Waals surface area contributed by atoms with Gasteiger partial charge in [0.05, 0.1) is 36.1 Å². The number of halogens is 2. The third-order valence-electron chi connectivity index (χ3n) is 10.7. The summed E-state index contributed by atoms with van der Waals surface area (Å²) < 4.78 is 39.6. The summed E-state index contributed by atoms with van der Waals surface area (Å²) in [5.41, 5.74) is 2.15. The van der Waals surface area contributed by atoms with Crippen molar-refractivity contribution < 1.29 is 52.6 Å². The van der Waals surface area contributed by atoms with Gasteiger partial charge in [0, 0.05) is 41.2 Å². The Hall–Kier alpha value is -6.65. The zero-order chi connectivity index (χ0) is 51.6. The molecule has 0 bridgehead atoms. The van der Waals surface area contributed by atoms with Crippen LogP contribution in [-0.2, 0) is 23.9 Å². The minimum Gasteiger partial charge on any atom is -0.503 e. The lowest BCUT2D eigenvalue weighted by Gasteiger charge is -2.27. The fraction of sp³-hybridized carbons (Fsp3) is 0.278. The Balaban J connectivity index is 0.000000265. The van der Waals surface area contributed by atoms with Crippen LogP contribution in [0.5, 0.6) is 34.5 Å². The standard InChI is InChI=1S/C28H28ClNO6S.C26H26ClNO5S/c1-17(16-24(37)25-27(35-19(3)31)23(33-4)14-15-30-25)28(32)34-18(2)26(20-10-6-5-7-11-20)36-22-13-9-8-12-21(22)29;1-16(15-22(34)23-24(29)21(31-3)13-14-28-23)26(30)32-17(2)25(18-9-5-4-6-10-18)33-20-12-8-7-11-19(20)27/h5-15,17-18,26H,16H2,1-4H3;4-14,16-17,25,29H,15H2,1-3H3/t17-,18+,26+;16-,17+,25+/m11/s1. The van der Waals surface area contributed by atoms with E-state index in [4.69, 9.17) is 80.8 Å².